The summed E-state index contributed by atoms with van der Waals surface area (Å²) in [6.07, 6.45) is 0. The topological polar surface area (TPSA) is 36.4 Å². The lowest BCUT2D eigenvalue weighted by atomic mass is 10.9. The van der Waals surface area contributed by atoms with Crippen LogP contribution in [0.3, 0.4) is 0 Å². The SMILES string of the molecule is FCCSC1=NCNN1. The van der Waals surface area contributed by atoms with Gasteiger partial charge in [0.15, 0.2) is 5.17 Å². The molecule has 1 aliphatic rings. The lowest BCUT2D eigenvalue weighted by Gasteiger charge is -1.96. The normalized spacial score (nSPS) is 17.2. The molecule has 0 amide bonds. The van der Waals surface area contributed by atoms with Crippen LogP contribution < -0.4 is 10.9 Å². The van der Waals surface area contributed by atoms with Crippen LogP contribution in [0.2, 0.25) is 0 Å². The summed E-state index contributed by atoms with van der Waals surface area (Å²) < 4.78 is 11.5. The standard InChI is InChI=1S/C4H8FN3S/c5-1-2-9-4-6-3-7-8-4/h7H,1-3H2,(H,6,8). The predicted molar refractivity (Wildman–Crippen MR) is 37.0 cm³/mol. The second kappa shape index (κ2) is 3.68. The maximum absolute atomic E-state index is 11.5. The summed E-state index contributed by atoms with van der Waals surface area (Å²) in [5.41, 5.74) is 5.57. The van der Waals surface area contributed by atoms with Gasteiger partial charge in [0.2, 0.25) is 0 Å². The molecule has 9 heavy (non-hydrogen) atoms. The Balaban J connectivity index is 2.11. The smallest absolute Gasteiger partial charge is 0.172 e. The van der Waals surface area contributed by atoms with Crippen LogP contribution in [0.4, 0.5) is 4.39 Å². The molecule has 1 aliphatic heterocycles. The molecule has 1 heterocycles. The van der Waals surface area contributed by atoms with Gasteiger partial charge in [-0.25, -0.2) is 10.4 Å². The van der Waals surface area contributed by atoms with Gasteiger partial charge in [0, 0.05) is 5.75 Å². The van der Waals surface area contributed by atoms with E-state index in [4.69, 9.17) is 0 Å². The Morgan fingerprint density at radius 1 is 1.78 bits per heavy atom. The van der Waals surface area contributed by atoms with Crippen molar-refractivity contribution >= 4 is 16.9 Å². The minimum Gasteiger partial charge on any atom is -0.299 e. The largest absolute Gasteiger partial charge is 0.299 e. The highest BCUT2D eigenvalue weighted by Crippen LogP contribution is 2.02. The number of nitrogens with zero attached hydrogens (tertiary/aromatic N) is 1. The van der Waals surface area contributed by atoms with Gasteiger partial charge in [-0.1, -0.05) is 11.8 Å². The summed E-state index contributed by atoms with van der Waals surface area (Å²) in [7, 11) is 0. The number of nitrogens with one attached hydrogen (secondary N) is 2. The average molecular weight is 149 g/mol. The van der Waals surface area contributed by atoms with Crippen LogP contribution in [-0.4, -0.2) is 24.3 Å². The fourth-order valence-electron chi connectivity index (χ4n) is 0.483. The van der Waals surface area contributed by atoms with Crippen molar-refractivity contribution < 1.29 is 4.39 Å². The van der Waals surface area contributed by atoms with E-state index < -0.39 is 0 Å². The Hall–Kier alpha value is -0.290. The van der Waals surface area contributed by atoms with Crippen molar-refractivity contribution in [3.63, 3.8) is 0 Å². The highest BCUT2D eigenvalue weighted by molar-refractivity contribution is 8.13. The van der Waals surface area contributed by atoms with Gasteiger partial charge in [-0.2, -0.15) is 0 Å². The molecule has 0 fully saturated rings. The van der Waals surface area contributed by atoms with E-state index in [1.165, 1.54) is 11.8 Å². The van der Waals surface area contributed by atoms with E-state index in [1.807, 2.05) is 0 Å². The third-order valence-corrected chi connectivity index (χ3v) is 1.68. The van der Waals surface area contributed by atoms with E-state index in [-0.39, 0.29) is 6.67 Å². The zero-order valence-electron chi connectivity index (χ0n) is 4.85. The molecule has 1 rings (SSSR count). The zero-order chi connectivity index (χ0) is 6.53. The molecule has 0 spiro atoms. The number of hydrogen-bond acceptors (Lipinski definition) is 4. The Bertz CT molecular complexity index is 116. The molecule has 0 saturated carbocycles. The Morgan fingerprint density at radius 3 is 3.22 bits per heavy atom. The number of rotatable bonds is 2. The molecule has 3 nitrogen and oxygen atoms in total. The summed E-state index contributed by atoms with van der Waals surface area (Å²) in [6, 6.07) is 0. The predicted octanol–water partition coefficient (Wildman–Crippen LogP) is 0.110. The molecule has 0 aromatic carbocycles. The second-order valence-corrected chi connectivity index (χ2v) is 2.54. The van der Waals surface area contributed by atoms with Gasteiger partial charge in [0.05, 0.1) is 6.67 Å². The van der Waals surface area contributed by atoms with Gasteiger partial charge in [-0.15, -0.1) is 0 Å². The minimum atomic E-state index is -0.300. The first-order valence-electron chi connectivity index (χ1n) is 2.65. The molecule has 0 saturated heterocycles. The lowest BCUT2D eigenvalue weighted by molar-refractivity contribution is 0.533. The van der Waals surface area contributed by atoms with Crippen LogP contribution in [0.15, 0.2) is 4.99 Å². The van der Waals surface area contributed by atoms with E-state index in [2.05, 4.69) is 15.8 Å². The Kier molecular flexibility index (Phi) is 2.79. The molecule has 0 aromatic rings. The van der Waals surface area contributed by atoms with Gasteiger partial charge in [0.25, 0.3) is 0 Å². The van der Waals surface area contributed by atoms with Crippen molar-refractivity contribution in [2.24, 2.45) is 4.99 Å². The number of hydrogen-bond donors (Lipinski definition) is 2. The van der Waals surface area contributed by atoms with Crippen LogP contribution in [0.25, 0.3) is 0 Å². The quantitative estimate of drug-likeness (QED) is 0.585. The molecular weight excluding hydrogens is 141 g/mol. The number of amidine groups is 1. The van der Waals surface area contributed by atoms with Crippen LogP contribution in [0.5, 0.6) is 0 Å². The molecule has 52 valence electrons. The van der Waals surface area contributed by atoms with Crippen molar-refractivity contribution in [3.05, 3.63) is 0 Å². The molecule has 0 aliphatic carbocycles. The van der Waals surface area contributed by atoms with Gasteiger partial charge in [-0.05, 0) is 0 Å². The summed E-state index contributed by atoms with van der Waals surface area (Å²) in [6.45, 7) is 0.292. The summed E-state index contributed by atoms with van der Waals surface area (Å²) in [4.78, 5) is 3.96. The van der Waals surface area contributed by atoms with Crippen LogP contribution in [0, 0.1) is 0 Å². The zero-order valence-corrected chi connectivity index (χ0v) is 5.67. The number of alkyl halides is 1. The van der Waals surface area contributed by atoms with Crippen LogP contribution in [0.1, 0.15) is 0 Å². The van der Waals surface area contributed by atoms with E-state index in [1.54, 1.807) is 0 Å². The third-order valence-electron chi connectivity index (χ3n) is 0.813. The first-order valence-corrected chi connectivity index (χ1v) is 3.64. The van der Waals surface area contributed by atoms with Gasteiger partial charge in [-0.3, -0.25) is 9.82 Å². The molecule has 0 bridgehead atoms. The second-order valence-electron chi connectivity index (χ2n) is 1.46. The van der Waals surface area contributed by atoms with Crippen LogP contribution in [-0.2, 0) is 0 Å². The number of aliphatic imine (C=N–C) groups is 1. The van der Waals surface area contributed by atoms with Crippen molar-refractivity contribution in [1.82, 2.24) is 10.9 Å². The maximum Gasteiger partial charge on any atom is 0.172 e. The number of halogens is 1. The monoisotopic (exact) mass is 149 g/mol. The van der Waals surface area contributed by atoms with E-state index in [9.17, 15) is 4.39 Å². The van der Waals surface area contributed by atoms with Gasteiger partial charge in [0.1, 0.15) is 6.67 Å². The maximum atomic E-state index is 11.5. The fraction of sp³-hybridized carbons (Fsp3) is 0.750. The van der Waals surface area contributed by atoms with Crippen LogP contribution >= 0.6 is 11.8 Å². The molecule has 0 radical (unpaired) electrons. The third kappa shape index (κ3) is 2.19. The first-order chi connectivity index (χ1) is 4.43. The Morgan fingerprint density at radius 2 is 2.67 bits per heavy atom. The minimum absolute atomic E-state index is 0.300. The summed E-state index contributed by atoms with van der Waals surface area (Å²) in [5, 5.41) is 0.785. The first kappa shape index (κ1) is 6.82. The van der Waals surface area contributed by atoms with Crippen molar-refractivity contribution in [3.8, 4) is 0 Å². The van der Waals surface area contributed by atoms with Gasteiger partial charge >= 0.3 is 0 Å². The number of hydrazine groups is 1. The molecule has 5 heteroatoms. The van der Waals surface area contributed by atoms with Crippen molar-refractivity contribution in [2.75, 3.05) is 19.1 Å². The molecule has 2 N–H and O–H groups in total. The highest BCUT2D eigenvalue weighted by atomic mass is 32.2. The fourth-order valence-corrected chi connectivity index (χ4v) is 1.05. The highest BCUT2D eigenvalue weighted by Gasteiger charge is 2.02. The van der Waals surface area contributed by atoms with Crippen molar-refractivity contribution in [2.45, 2.75) is 0 Å². The van der Waals surface area contributed by atoms with E-state index in [0.717, 1.165) is 5.17 Å². The lowest BCUT2D eigenvalue weighted by Crippen LogP contribution is -2.28. The molecular formula is C4H8FN3S. The Labute approximate surface area is 57.1 Å². The van der Waals surface area contributed by atoms with E-state index in [0.29, 0.717) is 12.4 Å². The molecule has 0 aromatic heterocycles. The van der Waals surface area contributed by atoms with E-state index >= 15 is 0 Å². The van der Waals surface area contributed by atoms with Gasteiger partial charge < -0.3 is 0 Å². The van der Waals surface area contributed by atoms with Crippen molar-refractivity contribution in [1.29, 1.82) is 0 Å². The average Bonchev–Trinajstić information content (AvgIpc) is 2.34. The molecule has 0 atom stereocenters. The molecule has 0 unspecified atom stereocenters. The number of thioether (sulfide) groups is 1. The summed E-state index contributed by atoms with van der Waals surface area (Å²) in [5.74, 6) is 0.480. The summed E-state index contributed by atoms with van der Waals surface area (Å²) >= 11 is 1.39.